The smallest absolute Gasteiger partial charge is 0.237 e. The summed E-state index contributed by atoms with van der Waals surface area (Å²) in [6, 6.07) is 32.0. The maximum absolute atomic E-state index is 14.0. The van der Waals surface area contributed by atoms with E-state index < -0.39 is 0 Å². The maximum Gasteiger partial charge on any atom is 0.237 e. The van der Waals surface area contributed by atoms with E-state index in [1.807, 2.05) is 78.9 Å². The van der Waals surface area contributed by atoms with Crippen LogP contribution in [0.2, 0.25) is 5.02 Å². The Morgan fingerprint density at radius 3 is 2.48 bits per heavy atom. The molecule has 2 atom stereocenters. The van der Waals surface area contributed by atoms with E-state index in [1.165, 1.54) is 6.07 Å². The molecule has 4 aromatic carbocycles. The van der Waals surface area contributed by atoms with Crippen LogP contribution in [0.15, 0.2) is 103 Å². The van der Waals surface area contributed by atoms with Crippen molar-refractivity contribution in [2.45, 2.75) is 38.0 Å². The molecule has 1 saturated heterocycles. The molecule has 4 aromatic rings. The summed E-state index contributed by atoms with van der Waals surface area (Å²) in [5, 5.41) is 7.35. The van der Waals surface area contributed by atoms with Crippen LogP contribution >= 0.6 is 11.6 Å². The third-order valence-corrected chi connectivity index (χ3v) is 7.34. The number of halogens is 2. The first-order valence-electron chi connectivity index (χ1n) is 13.6. The topological polar surface area (TPSA) is 53.6 Å². The highest BCUT2D eigenvalue weighted by molar-refractivity contribution is 6.30. The number of hydrogen-bond acceptors (Lipinski definition) is 4. The van der Waals surface area contributed by atoms with Crippen LogP contribution in [-0.2, 0) is 24.3 Å². The van der Waals surface area contributed by atoms with Crippen molar-refractivity contribution in [1.29, 1.82) is 0 Å². The number of nitrogens with one attached hydrogen (secondary N) is 2. The average Bonchev–Trinajstić information content (AvgIpc) is 3.36. The van der Waals surface area contributed by atoms with Crippen molar-refractivity contribution in [2.24, 2.45) is 0 Å². The van der Waals surface area contributed by atoms with E-state index in [-0.39, 0.29) is 23.8 Å². The summed E-state index contributed by atoms with van der Waals surface area (Å²) >= 11 is 6.23. The molecule has 0 saturated carbocycles. The monoisotopic (exact) mass is 557 g/mol. The van der Waals surface area contributed by atoms with E-state index in [4.69, 9.17) is 16.3 Å². The normalized spacial score (nSPS) is 17.1. The van der Waals surface area contributed by atoms with Crippen molar-refractivity contribution in [2.75, 3.05) is 13.1 Å². The molecule has 1 aliphatic rings. The lowest BCUT2D eigenvalue weighted by Gasteiger charge is -2.23. The Balaban J connectivity index is 1.21. The van der Waals surface area contributed by atoms with Gasteiger partial charge in [-0.1, -0.05) is 72.3 Å². The van der Waals surface area contributed by atoms with Crippen molar-refractivity contribution >= 4 is 17.5 Å². The molecule has 1 fully saturated rings. The molecule has 1 aliphatic heterocycles. The van der Waals surface area contributed by atoms with Gasteiger partial charge in [0.15, 0.2) is 0 Å². The minimum atomic E-state index is -0.301. The fraction of sp³-hybridized carbons (Fsp3) is 0.242. The lowest BCUT2D eigenvalue weighted by atomic mass is 10.1. The number of hydrogen-bond donors (Lipinski definition) is 2. The van der Waals surface area contributed by atoms with Gasteiger partial charge in [0, 0.05) is 37.2 Å². The van der Waals surface area contributed by atoms with Crippen LogP contribution < -0.4 is 15.4 Å². The lowest BCUT2D eigenvalue weighted by molar-refractivity contribution is -0.125. The number of ether oxygens (including phenoxy) is 1. The molecule has 206 valence electrons. The van der Waals surface area contributed by atoms with Gasteiger partial charge in [0.1, 0.15) is 17.3 Å². The first-order chi connectivity index (χ1) is 19.5. The van der Waals surface area contributed by atoms with Gasteiger partial charge in [-0.15, -0.1) is 0 Å². The molecule has 0 bridgehead atoms. The Labute approximate surface area is 239 Å². The van der Waals surface area contributed by atoms with Crippen molar-refractivity contribution in [3.8, 4) is 11.5 Å². The molecule has 0 radical (unpaired) electrons. The number of nitrogens with zero attached hydrogens (tertiary/aromatic N) is 1. The van der Waals surface area contributed by atoms with Crippen LogP contribution in [0.3, 0.4) is 0 Å². The zero-order valence-electron chi connectivity index (χ0n) is 22.2. The summed E-state index contributed by atoms with van der Waals surface area (Å²) in [5.74, 6) is 1.29. The van der Waals surface area contributed by atoms with Gasteiger partial charge in [0.05, 0.1) is 6.04 Å². The second-order valence-corrected chi connectivity index (χ2v) is 10.5. The molecule has 7 heteroatoms. The van der Waals surface area contributed by atoms with Crippen LogP contribution in [0.4, 0.5) is 4.39 Å². The number of benzene rings is 4. The summed E-state index contributed by atoms with van der Waals surface area (Å²) in [6.07, 6.45) is 1.12. The minimum Gasteiger partial charge on any atom is -0.457 e. The van der Waals surface area contributed by atoms with Gasteiger partial charge in [-0.3, -0.25) is 9.69 Å². The lowest BCUT2D eigenvalue weighted by Crippen LogP contribution is -2.43. The zero-order valence-corrected chi connectivity index (χ0v) is 23.0. The van der Waals surface area contributed by atoms with E-state index in [9.17, 15) is 9.18 Å². The van der Waals surface area contributed by atoms with Crippen molar-refractivity contribution < 1.29 is 13.9 Å². The van der Waals surface area contributed by atoms with Crippen molar-refractivity contribution in [3.63, 3.8) is 0 Å². The quantitative estimate of drug-likeness (QED) is 0.225. The van der Waals surface area contributed by atoms with Gasteiger partial charge < -0.3 is 15.4 Å². The molecule has 2 N–H and O–H groups in total. The van der Waals surface area contributed by atoms with Crippen LogP contribution in [0, 0.1) is 5.82 Å². The Kier molecular flexibility index (Phi) is 9.45. The third-order valence-electron chi connectivity index (χ3n) is 7.10. The number of amides is 1. The first kappa shape index (κ1) is 27.8. The highest BCUT2D eigenvalue weighted by Crippen LogP contribution is 2.24. The molecule has 1 amide bonds. The van der Waals surface area contributed by atoms with Gasteiger partial charge in [-0.05, 0) is 72.0 Å². The standard InChI is InChI=1S/C33H33ClFN3O2/c34-27-11-6-9-25(18-27)22-38-23-28(20-32(38)33(39)36-17-16-26-10-4-5-15-31(26)35)37-21-24-8-7-14-30(19-24)40-29-12-2-1-3-13-29/h1-15,18-19,28,32,37H,16-17,20-23H2,(H,36,39)/t28-,32-/m0/s1. The molecule has 1 heterocycles. The molecule has 0 aromatic heterocycles. The first-order valence-corrected chi connectivity index (χ1v) is 14.0. The molecule has 40 heavy (non-hydrogen) atoms. The van der Waals surface area contributed by atoms with Crippen molar-refractivity contribution in [1.82, 2.24) is 15.5 Å². The van der Waals surface area contributed by atoms with Crippen molar-refractivity contribution in [3.05, 3.63) is 131 Å². The van der Waals surface area contributed by atoms with Gasteiger partial charge >= 0.3 is 0 Å². The van der Waals surface area contributed by atoms with E-state index in [0.717, 1.165) is 29.2 Å². The number of rotatable bonds is 11. The SMILES string of the molecule is O=C(NCCc1ccccc1F)[C@@H]1C[C@H](NCc2cccc(Oc3ccccc3)c2)CN1Cc1cccc(Cl)c1. The Morgan fingerprint density at radius 1 is 0.900 bits per heavy atom. The highest BCUT2D eigenvalue weighted by atomic mass is 35.5. The molecule has 0 unspecified atom stereocenters. The highest BCUT2D eigenvalue weighted by Gasteiger charge is 2.36. The summed E-state index contributed by atoms with van der Waals surface area (Å²) < 4.78 is 20.0. The molecule has 0 aliphatic carbocycles. The number of likely N-dealkylation sites (tertiary alicyclic amines) is 1. The van der Waals surface area contributed by atoms with Crippen LogP contribution in [-0.4, -0.2) is 36.0 Å². The summed E-state index contributed by atoms with van der Waals surface area (Å²) in [4.78, 5) is 15.5. The number of carbonyl (C=O) groups excluding carboxylic acids is 1. The molecular weight excluding hydrogens is 525 g/mol. The van der Waals surface area contributed by atoms with Gasteiger partial charge in [0.25, 0.3) is 0 Å². The predicted octanol–water partition coefficient (Wildman–Crippen LogP) is 6.36. The Bertz CT molecular complexity index is 1420. The number of para-hydroxylation sites is 1. The second-order valence-electron chi connectivity index (χ2n) is 10.1. The van der Waals surface area contributed by atoms with E-state index in [1.54, 1.807) is 12.1 Å². The molecular formula is C33H33ClFN3O2. The molecule has 5 nitrogen and oxygen atoms in total. The largest absolute Gasteiger partial charge is 0.457 e. The predicted molar refractivity (Wildman–Crippen MR) is 157 cm³/mol. The van der Waals surface area contributed by atoms with E-state index in [0.29, 0.717) is 43.1 Å². The molecule has 5 rings (SSSR count). The third kappa shape index (κ3) is 7.69. The second kappa shape index (κ2) is 13.6. The van der Waals surface area contributed by atoms with Gasteiger partial charge in [-0.2, -0.15) is 0 Å². The maximum atomic E-state index is 14.0. The zero-order chi connectivity index (χ0) is 27.7. The fourth-order valence-electron chi connectivity index (χ4n) is 5.11. The Morgan fingerprint density at radius 2 is 1.65 bits per heavy atom. The summed E-state index contributed by atoms with van der Waals surface area (Å²) in [6.45, 7) is 2.37. The van der Waals surface area contributed by atoms with Crippen LogP contribution in [0.25, 0.3) is 0 Å². The fourth-order valence-corrected chi connectivity index (χ4v) is 5.33. The molecule has 0 spiro atoms. The minimum absolute atomic E-state index is 0.0408. The van der Waals surface area contributed by atoms with E-state index >= 15 is 0 Å². The van der Waals surface area contributed by atoms with Crippen LogP contribution in [0.5, 0.6) is 11.5 Å². The van der Waals surface area contributed by atoms with Gasteiger partial charge in [-0.25, -0.2) is 4.39 Å². The summed E-state index contributed by atoms with van der Waals surface area (Å²) in [5.41, 5.74) is 2.76. The van der Waals surface area contributed by atoms with Crippen LogP contribution in [0.1, 0.15) is 23.1 Å². The summed E-state index contributed by atoms with van der Waals surface area (Å²) in [7, 11) is 0. The Hall–Kier alpha value is -3.71. The van der Waals surface area contributed by atoms with E-state index in [2.05, 4.69) is 21.6 Å². The van der Waals surface area contributed by atoms with Gasteiger partial charge in [0.2, 0.25) is 5.91 Å². The average molecular weight is 558 g/mol. The number of carbonyl (C=O) groups is 1.